The van der Waals surface area contributed by atoms with Crippen LogP contribution in [0.3, 0.4) is 0 Å². The van der Waals surface area contributed by atoms with Gasteiger partial charge in [0.25, 0.3) is 0 Å². The third-order valence-electron chi connectivity index (χ3n) is 4.44. The van der Waals surface area contributed by atoms with Gasteiger partial charge in [0.2, 0.25) is 5.91 Å². The van der Waals surface area contributed by atoms with Crippen LogP contribution in [0.4, 0.5) is 5.69 Å². The second-order valence-electron chi connectivity index (χ2n) is 6.18. The lowest BCUT2D eigenvalue weighted by molar-refractivity contribution is -0.119. The summed E-state index contributed by atoms with van der Waals surface area (Å²) < 4.78 is 10.8. The predicted molar refractivity (Wildman–Crippen MR) is 114 cm³/mol. The Morgan fingerprint density at radius 2 is 1.89 bits per heavy atom. The summed E-state index contributed by atoms with van der Waals surface area (Å²) in [7, 11) is 3.14. The van der Waals surface area contributed by atoms with Crippen molar-refractivity contribution >= 4 is 40.5 Å². The van der Waals surface area contributed by atoms with Crippen molar-refractivity contribution in [3.63, 3.8) is 0 Å². The highest BCUT2D eigenvalue weighted by Crippen LogP contribution is 2.37. The molecule has 1 aliphatic rings. The van der Waals surface area contributed by atoms with E-state index in [-0.39, 0.29) is 5.91 Å². The van der Waals surface area contributed by atoms with Gasteiger partial charge in [-0.2, -0.15) is 0 Å². The molecule has 146 valence electrons. The standard InChI is InChI=1S/C20H20ClN3O3S/c1-11-17(19(25)23-13-6-4-12(21)5-7-13)18(24-20(28)22-11)15-9-8-14(26-2)10-16(15)27-3/h4-10,17-18H,1H2,2-3H3,(H,23,25)(H2,22,24,28)/t17-,18+/m1/s1. The molecule has 1 amide bonds. The fourth-order valence-electron chi connectivity index (χ4n) is 3.08. The van der Waals surface area contributed by atoms with E-state index in [0.29, 0.717) is 33.0 Å². The molecule has 0 unspecified atom stereocenters. The molecule has 2 atom stereocenters. The molecule has 28 heavy (non-hydrogen) atoms. The van der Waals surface area contributed by atoms with Gasteiger partial charge in [-0.05, 0) is 48.6 Å². The monoisotopic (exact) mass is 417 g/mol. The van der Waals surface area contributed by atoms with Crippen molar-refractivity contribution in [1.29, 1.82) is 0 Å². The predicted octanol–water partition coefficient (Wildman–Crippen LogP) is 3.64. The Balaban J connectivity index is 1.94. The molecule has 0 radical (unpaired) electrons. The summed E-state index contributed by atoms with van der Waals surface area (Å²) in [6.45, 7) is 4.00. The number of methoxy groups -OCH3 is 2. The van der Waals surface area contributed by atoms with E-state index in [4.69, 9.17) is 33.3 Å². The van der Waals surface area contributed by atoms with Crippen molar-refractivity contribution in [3.05, 3.63) is 65.3 Å². The maximum absolute atomic E-state index is 13.1. The molecule has 6 nitrogen and oxygen atoms in total. The number of hydrogen-bond acceptors (Lipinski definition) is 4. The number of thiocarbonyl (C=S) groups is 1. The normalized spacial score (nSPS) is 18.7. The van der Waals surface area contributed by atoms with E-state index < -0.39 is 12.0 Å². The van der Waals surface area contributed by atoms with Gasteiger partial charge in [0.15, 0.2) is 5.11 Å². The van der Waals surface area contributed by atoms with E-state index in [1.54, 1.807) is 44.6 Å². The van der Waals surface area contributed by atoms with E-state index in [1.807, 2.05) is 12.1 Å². The molecule has 1 aliphatic heterocycles. The molecule has 0 aliphatic carbocycles. The fourth-order valence-corrected chi connectivity index (χ4v) is 3.46. The van der Waals surface area contributed by atoms with Crippen molar-refractivity contribution in [2.24, 2.45) is 5.92 Å². The quantitative estimate of drug-likeness (QED) is 0.645. The number of halogens is 1. The van der Waals surface area contributed by atoms with Gasteiger partial charge in [-0.1, -0.05) is 18.2 Å². The molecule has 1 heterocycles. The number of nitrogens with one attached hydrogen (secondary N) is 3. The molecule has 0 aromatic heterocycles. The summed E-state index contributed by atoms with van der Waals surface area (Å²) in [6, 6.07) is 11.8. The highest BCUT2D eigenvalue weighted by molar-refractivity contribution is 7.80. The minimum Gasteiger partial charge on any atom is -0.497 e. The number of rotatable bonds is 5. The Bertz CT molecular complexity index is 917. The average molecular weight is 418 g/mol. The lowest BCUT2D eigenvalue weighted by Crippen LogP contribution is -2.51. The number of ether oxygens (including phenoxy) is 2. The lowest BCUT2D eigenvalue weighted by Gasteiger charge is -2.36. The Morgan fingerprint density at radius 3 is 2.54 bits per heavy atom. The Morgan fingerprint density at radius 1 is 1.18 bits per heavy atom. The molecule has 0 bridgehead atoms. The minimum atomic E-state index is -0.635. The van der Waals surface area contributed by atoms with Crippen LogP contribution in [0.15, 0.2) is 54.7 Å². The number of hydrogen-bond donors (Lipinski definition) is 3. The zero-order chi connectivity index (χ0) is 20.3. The van der Waals surface area contributed by atoms with Gasteiger partial charge < -0.3 is 25.4 Å². The van der Waals surface area contributed by atoms with Crippen LogP contribution in [0.5, 0.6) is 11.5 Å². The van der Waals surface area contributed by atoms with Gasteiger partial charge >= 0.3 is 0 Å². The minimum absolute atomic E-state index is 0.238. The summed E-state index contributed by atoms with van der Waals surface area (Å²) >= 11 is 11.2. The lowest BCUT2D eigenvalue weighted by atomic mass is 9.87. The van der Waals surface area contributed by atoms with Crippen LogP contribution in [0.25, 0.3) is 0 Å². The molecule has 3 N–H and O–H groups in total. The van der Waals surface area contributed by atoms with Crippen LogP contribution < -0.4 is 25.4 Å². The van der Waals surface area contributed by atoms with Crippen molar-refractivity contribution in [3.8, 4) is 11.5 Å². The Hall–Kier alpha value is -2.77. The second-order valence-corrected chi connectivity index (χ2v) is 7.03. The maximum Gasteiger partial charge on any atom is 0.235 e. The van der Waals surface area contributed by atoms with Gasteiger partial charge in [0.05, 0.1) is 20.3 Å². The third kappa shape index (κ3) is 4.21. The van der Waals surface area contributed by atoms with Gasteiger partial charge in [-0.3, -0.25) is 4.79 Å². The first kappa shape index (κ1) is 20.0. The van der Waals surface area contributed by atoms with Crippen LogP contribution in [0.1, 0.15) is 11.6 Å². The average Bonchev–Trinajstić information content (AvgIpc) is 2.68. The van der Waals surface area contributed by atoms with Crippen LogP contribution in [-0.2, 0) is 4.79 Å². The zero-order valence-corrected chi connectivity index (χ0v) is 17.0. The number of benzene rings is 2. The molecule has 0 spiro atoms. The van der Waals surface area contributed by atoms with Crippen molar-refractivity contribution in [1.82, 2.24) is 10.6 Å². The van der Waals surface area contributed by atoms with Crippen molar-refractivity contribution in [2.45, 2.75) is 6.04 Å². The molecule has 8 heteroatoms. The first-order valence-electron chi connectivity index (χ1n) is 8.47. The van der Waals surface area contributed by atoms with Gasteiger partial charge in [-0.25, -0.2) is 0 Å². The maximum atomic E-state index is 13.1. The summed E-state index contributed by atoms with van der Waals surface area (Å²) in [5, 5.41) is 9.98. The number of amides is 1. The number of carbonyl (C=O) groups is 1. The third-order valence-corrected chi connectivity index (χ3v) is 4.91. The zero-order valence-electron chi connectivity index (χ0n) is 15.4. The molecular formula is C20H20ClN3O3S. The first-order valence-corrected chi connectivity index (χ1v) is 9.26. The van der Waals surface area contributed by atoms with Gasteiger partial charge in [0.1, 0.15) is 17.4 Å². The highest BCUT2D eigenvalue weighted by Gasteiger charge is 2.38. The summed E-state index contributed by atoms with van der Waals surface area (Å²) in [5.41, 5.74) is 1.90. The summed E-state index contributed by atoms with van der Waals surface area (Å²) in [5.74, 6) is 0.360. The molecule has 2 aromatic carbocycles. The Labute approximate surface area is 173 Å². The van der Waals surface area contributed by atoms with Crippen molar-refractivity contribution in [2.75, 3.05) is 19.5 Å². The van der Waals surface area contributed by atoms with Crippen molar-refractivity contribution < 1.29 is 14.3 Å². The molecular weight excluding hydrogens is 398 g/mol. The van der Waals surface area contributed by atoms with Gasteiger partial charge in [-0.15, -0.1) is 0 Å². The second kappa shape index (κ2) is 8.50. The Kier molecular flexibility index (Phi) is 6.06. The van der Waals surface area contributed by atoms with E-state index in [9.17, 15) is 4.79 Å². The fraction of sp³-hybridized carbons (Fsp3) is 0.200. The molecule has 0 saturated carbocycles. The van der Waals surface area contributed by atoms with E-state index in [0.717, 1.165) is 5.56 Å². The number of carbonyl (C=O) groups excluding carboxylic acids is 1. The van der Waals surface area contributed by atoms with E-state index >= 15 is 0 Å². The molecule has 1 saturated heterocycles. The van der Waals surface area contributed by atoms with Gasteiger partial charge in [0, 0.05) is 28.0 Å². The summed E-state index contributed by atoms with van der Waals surface area (Å²) in [4.78, 5) is 13.1. The van der Waals surface area contributed by atoms with Crippen LogP contribution in [0, 0.1) is 5.92 Å². The smallest absolute Gasteiger partial charge is 0.235 e. The number of anilines is 1. The first-order chi connectivity index (χ1) is 13.4. The highest BCUT2D eigenvalue weighted by atomic mass is 35.5. The SMILES string of the molecule is C=C1NC(=S)N[C@@H](c2ccc(OC)cc2OC)[C@@H]1C(=O)Nc1ccc(Cl)cc1. The molecule has 2 aromatic rings. The summed E-state index contributed by atoms with van der Waals surface area (Å²) in [6.07, 6.45) is 0. The van der Waals surface area contributed by atoms with Crippen LogP contribution in [0.2, 0.25) is 5.02 Å². The van der Waals surface area contributed by atoms with E-state index in [2.05, 4.69) is 22.5 Å². The molecule has 3 rings (SSSR count). The molecule has 1 fully saturated rings. The van der Waals surface area contributed by atoms with Crippen LogP contribution >= 0.6 is 23.8 Å². The largest absolute Gasteiger partial charge is 0.497 e. The van der Waals surface area contributed by atoms with E-state index in [1.165, 1.54) is 0 Å². The van der Waals surface area contributed by atoms with Crippen LogP contribution in [-0.4, -0.2) is 25.2 Å². The topological polar surface area (TPSA) is 71.6 Å².